The fourth-order valence-corrected chi connectivity index (χ4v) is 3.34. The number of amides is 2. The Balaban J connectivity index is 2.29. The number of rotatable bonds is 5. The highest BCUT2D eigenvalue weighted by Crippen LogP contribution is 2.24. The summed E-state index contributed by atoms with van der Waals surface area (Å²) in [7, 11) is 1.41. The molecule has 0 aliphatic rings. The molecule has 2 amide bonds. The second-order valence-corrected chi connectivity index (χ2v) is 6.40. The lowest BCUT2D eigenvalue weighted by Crippen LogP contribution is -2.38. The van der Waals surface area contributed by atoms with Gasteiger partial charge in [0.25, 0.3) is 5.91 Å². The third kappa shape index (κ3) is 3.79. The van der Waals surface area contributed by atoms with Crippen molar-refractivity contribution in [1.82, 2.24) is 10.6 Å². The van der Waals surface area contributed by atoms with Gasteiger partial charge >= 0.3 is 0 Å². The van der Waals surface area contributed by atoms with Gasteiger partial charge in [0, 0.05) is 11.9 Å². The molecule has 4 nitrogen and oxygen atoms in total. The fourth-order valence-electron chi connectivity index (χ4n) is 2.32. The first-order chi connectivity index (χ1) is 11.4. The van der Waals surface area contributed by atoms with Gasteiger partial charge in [-0.15, -0.1) is 11.3 Å². The summed E-state index contributed by atoms with van der Waals surface area (Å²) >= 11 is 1.35. The minimum atomic E-state index is -1.11. The summed E-state index contributed by atoms with van der Waals surface area (Å²) in [5, 5.41) is 5.00. The molecule has 1 aromatic carbocycles. The lowest BCUT2D eigenvalue weighted by atomic mass is 10.1. The van der Waals surface area contributed by atoms with E-state index in [0.29, 0.717) is 4.88 Å². The quantitative estimate of drug-likeness (QED) is 0.869. The van der Waals surface area contributed by atoms with Crippen molar-refractivity contribution in [2.24, 2.45) is 0 Å². The van der Waals surface area contributed by atoms with E-state index in [1.54, 1.807) is 6.07 Å². The van der Waals surface area contributed by atoms with Crippen LogP contribution in [0, 0.1) is 18.6 Å². The third-order valence-electron chi connectivity index (χ3n) is 3.63. The summed E-state index contributed by atoms with van der Waals surface area (Å²) < 4.78 is 26.5. The molecular weight excluding hydrogens is 334 g/mol. The highest BCUT2D eigenvalue weighted by atomic mass is 32.1. The maximum atomic E-state index is 13.5. The van der Waals surface area contributed by atoms with Gasteiger partial charge in [-0.25, -0.2) is 8.78 Å². The van der Waals surface area contributed by atoms with Gasteiger partial charge in [-0.1, -0.05) is 13.0 Å². The van der Waals surface area contributed by atoms with Crippen molar-refractivity contribution < 1.29 is 18.4 Å². The number of hydrogen-bond donors (Lipinski definition) is 2. The summed E-state index contributed by atoms with van der Waals surface area (Å²) in [5.74, 6) is -3.03. The van der Waals surface area contributed by atoms with E-state index in [2.05, 4.69) is 10.6 Å². The molecule has 2 aromatic rings. The van der Waals surface area contributed by atoms with Crippen molar-refractivity contribution in [3.8, 4) is 0 Å². The lowest BCUT2D eigenvalue weighted by Gasteiger charge is -2.17. The number of thiophene rings is 1. The normalized spacial score (nSPS) is 11.9. The summed E-state index contributed by atoms with van der Waals surface area (Å²) in [5.41, 5.74) is 1.18. The van der Waals surface area contributed by atoms with Gasteiger partial charge in [0.1, 0.15) is 6.04 Å². The Hall–Kier alpha value is -2.28. The molecule has 128 valence electrons. The Morgan fingerprint density at radius 2 is 1.92 bits per heavy atom. The zero-order chi connectivity index (χ0) is 17.9. The molecule has 0 aliphatic heterocycles. The third-order valence-corrected chi connectivity index (χ3v) is 5.01. The summed E-state index contributed by atoms with van der Waals surface area (Å²) in [4.78, 5) is 26.1. The first kappa shape index (κ1) is 18.1. The number of carbonyl (C=O) groups excluding carboxylic acids is 2. The number of hydrogen-bond acceptors (Lipinski definition) is 3. The highest BCUT2D eigenvalue weighted by Gasteiger charge is 2.24. The minimum absolute atomic E-state index is 0.172. The van der Waals surface area contributed by atoms with Crippen LogP contribution in [0.25, 0.3) is 0 Å². The fraction of sp³-hybridized carbons (Fsp3) is 0.294. The molecule has 24 heavy (non-hydrogen) atoms. The monoisotopic (exact) mass is 352 g/mol. The molecule has 7 heteroatoms. The number of halogens is 2. The van der Waals surface area contributed by atoms with E-state index in [4.69, 9.17) is 0 Å². The van der Waals surface area contributed by atoms with E-state index >= 15 is 0 Å². The smallest absolute Gasteiger partial charge is 0.262 e. The van der Waals surface area contributed by atoms with E-state index in [1.807, 2.05) is 13.8 Å². The average molecular weight is 352 g/mol. The average Bonchev–Trinajstić information content (AvgIpc) is 2.95. The van der Waals surface area contributed by atoms with Gasteiger partial charge in [0.15, 0.2) is 11.6 Å². The van der Waals surface area contributed by atoms with Crippen LogP contribution in [0.2, 0.25) is 0 Å². The molecule has 0 bridgehead atoms. The van der Waals surface area contributed by atoms with Gasteiger partial charge in [-0.05, 0) is 42.7 Å². The van der Waals surface area contributed by atoms with Crippen molar-refractivity contribution in [2.45, 2.75) is 26.3 Å². The zero-order valence-corrected chi connectivity index (χ0v) is 14.4. The van der Waals surface area contributed by atoms with Crippen molar-refractivity contribution in [3.05, 3.63) is 56.8 Å². The van der Waals surface area contributed by atoms with E-state index in [0.717, 1.165) is 29.0 Å². The number of carbonyl (C=O) groups is 2. The first-order valence-electron chi connectivity index (χ1n) is 7.44. The van der Waals surface area contributed by atoms with Gasteiger partial charge in [-0.2, -0.15) is 0 Å². The van der Waals surface area contributed by atoms with Crippen LogP contribution in [0.15, 0.2) is 24.3 Å². The van der Waals surface area contributed by atoms with Crippen LogP contribution < -0.4 is 10.6 Å². The zero-order valence-electron chi connectivity index (χ0n) is 13.6. The number of likely N-dealkylation sites (N-methyl/N-ethyl adjacent to an activating group) is 1. The Morgan fingerprint density at radius 3 is 2.46 bits per heavy atom. The highest BCUT2D eigenvalue weighted by molar-refractivity contribution is 7.14. The molecule has 0 radical (unpaired) electrons. The Morgan fingerprint density at radius 1 is 1.21 bits per heavy atom. The molecule has 1 atom stereocenters. The maximum Gasteiger partial charge on any atom is 0.262 e. The molecule has 0 spiro atoms. The van der Waals surface area contributed by atoms with Crippen molar-refractivity contribution in [3.63, 3.8) is 0 Å². The Labute approximate surface area is 142 Å². The molecule has 0 saturated heterocycles. The molecule has 0 aliphatic carbocycles. The largest absolute Gasteiger partial charge is 0.357 e. The molecule has 1 unspecified atom stereocenters. The van der Waals surface area contributed by atoms with E-state index in [9.17, 15) is 18.4 Å². The van der Waals surface area contributed by atoms with Crippen molar-refractivity contribution >= 4 is 23.2 Å². The van der Waals surface area contributed by atoms with Crippen LogP contribution >= 0.6 is 11.3 Å². The van der Waals surface area contributed by atoms with Gasteiger partial charge in [0.05, 0.1) is 4.88 Å². The second-order valence-electron chi connectivity index (χ2n) is 5.26. The van der Waals surface area contributed by atoms with Crippen LogP contribution in [0.4, 0.5) is 8.78 Å². The Bertz CT molecular complexity index is 774. The van der Waals surface area contributed by atoms with Gasteiger partial charge in [-0.3, -0.25) is 9.59 Å². The molecule has 2 N–H and O–H groups in total. The summed E-state index contributed by atoms with van der Waals surface area (Å²) in [6.07, 6.45) is 0.811. The van der Waals surface area contributed by atoms with Crippen LogP contribution in [0.1, 0.15) is 38.6 Å². The molecule has 0 fully saturated rings. The first-order valence-corrected chi connectivity index (χ1v) is 8.25. The topological polar surface area (TPSA) is 58.2 Å². The van der Waals surface area contributed by atoms with E-state index in [-0.39, 0.29) is 5.56 Å². The van der Waals surface area contributed by atoms with Gasteiger partial charge < -0.3 is 10.6 Å². The lowest BCUT2D eigenvalue weighted by molar-refractivity contribution is -0.122. The SMILES string of the molecule is CCc1sc(C(=O)NC(C(=O)NC)c2ccc(F)c(F)c2)cc1C. The number of benzene rings is 1. The van der Waals surface area contributed by atoms with E-state index < -0.39 is 29.5 Å². The molecule has 0 saturated carbocycles. The minimum Gasteiger partial charge on any atom is -0.357 e. The molecule has 2 rings (SSSR count). The van der Waals surface area contributed by atoms with E-state index in [1.165, 1.54) is 24.5 Å². The number of nitrogens with one attached hydrogen (secondary N) is 2. The molecular formula is C17H18F2N2O2S. The van der Waals surface area contributed by atoms with Gasteiger partial charge in [0.2, 0.25) is 5.91 Å². The second kappa shape index (κ2) is 7.53. The maximum absolute atomic E-state index is 13.5. The van der Waals surface area contributed by atoms with Crippen molar-refractivity contribution in [1.29, 1.82) is 0 Å². The standard InChI is InChI=1S/C17H18F2N2O2S/c1-4-13-9(2)7-14(24-13)16(22)21-15(17(23)20-3)10-5-6-11(18)12(19)8-10/h5-8,15H,4H2,1-3H3,(H,20,23)(H,21,22). The van der Waals surface area contributed by atoms with Crippen LogP contribution in [0.3, 0.4) is 0 Å². The molecule has 1 heterocycles. The summed E-state index contributed by atoms with van der Waals surface area (Å²) in [6, 6.07) is 3.76. The number of aryl methyl sites for hydroxylation is 2. The molecule has 1 aromatic heterocycles. The van der Waals surface area contributed by atoms with Crippen molar-refractivity contribution in [2.75, 3.05) is 7.05 Å². The predicted octanol–water partition coefficient (Wildman–Crippen LogP) is 3.11. The van der Waals surface area contributed by atoms with Crippen LogP contribution in [-0.2, 0) is 11.2 Å². The summed E-state index contributed by atoms with van der Waals surface area (Å²) in [6.45, 7) is 3.91. The predicted molar refractivity (Wildman–Crippen MR) is 89.1 cm³/mol. The Kier molecular flexibility index (Phi) is 5.66. The van der Waals surface area contributed by atoms with Crippen LogP contribution in [0.5, 0.6) is 0 Å². The van der Waals surface area contributed by atoms with Crippen LogP contribution in [-0.4, -0.2) is 18.9 Å².